The first-order valence-electron chi connectivity index (χ1n) is 11.3. The van der Waals surface area contributed by atoms with Crippen LogP contribution >= 0.6 is 23.4 Å². The lowest BCUT2D eigenvalue weighted by Crippen LogP contribution is -2.36. The summed E-state index contributed by atoms with van der Waals surface area (Å²) in [6.07, 6.45) is 1.56. The smallest absolute Gasteiger partial charge is 0.294 e. The van der Waals surface area contributed by atoms with Crippen LogP contribution in [0.3, 0.4) is 0 Å². The first kappa shape index (κ1) is 26.2. The van der Waals surface area contributed by atoms with E-state index < -0.39 is 29.4 Å². The number of carbonyl (C=O) groups excluding carboxylic acids is 3. The zero-order chi connectivity index (χ0) is 26.4. The Morgan fingerprint density at radius 3 is 2.57 bits per heavy atom. The molecule has 190 valence electrons. The van der Waals surface area contributed by atoms with Crippen molar-refractivity contribution in [3.8, 4) is 11.5 Å². The van der Waals surface area contributed by atoms with Crippen molar-refractivity contribution >= 4 is 52.2 Å². The predicted molar refractivity (Wildman–Crippen MR) is 141 cm³/mol. The molecule has 10 heteroatoms. The fraction of sp³-hybridized carbons (Fsp3) is 0.148. The second-order valence-corrected chi connectivity index (χ2v) is 9.26. The lowest BCUT2D eigenvalue weighted by molar-refractivity contribution is -0.127. The zero-order valence-corrected chi connectivity index (χ0v) is 21.3. The van der Waals surface area contributed by atoms with Crippen LogP contribution in [0.4, 0.5) is 14.9 Å². The van der Waals surface area contributed by atoms with Crippen LogP contribution in [0.2, 0.25) is 5.02 Å². The summed E-state index contributed by atoms with van der Waals surface area (Å²) < 4.78 is 24.9. The molecule has 3 aromatic carbocycles. The van der Waals surface area contributed by atoms with Crippen molar-refractivity contribution in [1.29, 1.82) is 0 Å². The molecule has 0 saturated carbocycles. The van der Waals surface area contributed by atoms with Gasteiger partial charge in [-0.3, -0.25) is 19.3 Å². The molecule has 0 spiro atoms. The van der Waals surface area contributed by atoms with Crippen LogP contribution in [0.15, 0.2) is 71.6 Å². The molecule has 0 bridgehead atoms. The second-order valence-electron chi connectivity index (χ2n) is 7.86. The Kier molecular flexibility index (Phi) is 8.47. The quantitative estimate of drug-likeness (QED) is 0.329. The molecule has 1 saturated heterocycles. The topological polar surface area (TPSA) is 84.9 Å². The third-order valence-corrected chi connectivity index (χ3v) is 6.38. The minimum atomic E-state index is -0.626. The van der Waals surface area contributed by atoms with Gasteiger partial charge in [-0.15, -0.1) is 0 Å². The molecule has 4 rings (SSSR count). The van der Waals surface area contributed by atoms with E-state index in [2.05, 4.69) is 5.32 Å². The normalized spacial score (nSPS) is 14.2. The van der Waals surface area contributed by atoms with Gasteiger partial charge in [0.25, 0.3) is 11.1 Å². The third-order valence-electron chi connectivity index (χ3n) is 5.18. The summed E-state index contributed by atoms with van der Waals surface area (Å²) in [5.74, 6) is -0.786. The van der Waals surface area contributed by atoms with Crippen molar-refractivity contribution in [3.05, 3.63) is 93.6 Å². The van der Waals surface area contributed by atoms with Gasteiger partial charge in [-0.25, -0.2) is 4.39 Å². The van der Waals surface area contributed by atoms with E-state index >= 15 is 0 Å². The van der Waals surface area contributed by atoms with Gasteiger partial charge in [-0.1, -0.05) is 48.0 Å². The van der Waals surface area contributed by atoms with Crippen LogP contribution in [-0.4, -0.2) is 35.1 Å². The molecular weight excluding hydrogens is 519 g/mol. The summed E-state index contributed by atoms with van der Waals surface area (Å²) in [4.78, 5) is 38.7. The average molecular weight is 541 g/mol. The zero-order valence-electron chi connectivity index (χ0n) is 19.7. The Hall–Kier alpha value is -3.82. The number of anilines is 1. The molecule has 37 heavy (non-hydrogen) atoms. The number of carbonyl (C=O) groups is 3. The van der Waals surface area contributed by atoms with Crippen LogP contribution in [0.1, 0.15) is 18.1 Å². The number of ether oxygens (including phenoxy) is 2. The number of benzene rings is 3. The van der Waals surface area contributed by atoms with Crippen molar-refractivity contribution in [2.24, 2.45) is 0 Å². The number of nitrogens with one attached hydrogen (secondary N) is 1. The highest BCUT2D eigenvalue weighted by Crippen LogP contribution is 2.35. The van der Waals surface area contributed by atoms with E-state index in [1.165, 1.54) is 12.1 Å². The van der Waals surface area contributed by atoms with Crippen molar-refractivity contribution in [2.75, 3.05) is 18.5 Å². The Balaban J connectivity index is 1.44. The Morgan fingerprint density at radius 1 is 1.05 bits per heavy atom. The highest BCUT2D eigenvalue weighted by molar-refractivity contribution is 8.18. The summed E-state index contributed by atoms with van der Waals surface area (Å²) in [6, 6.07) is 18.6. The van der Waals surface area contributed by atoms with E-state index in [-0.39, 0.29) is 15.6 Å². The number of hydrogen-bond acceptors (Lipinski definition) is 6. The number of imide groups is 1. The first-order valence-corrected chi connectivity index (χ1v) is 12.5. The number of hydrogen-bond donors (Lipinski definition) is 1. The second kappa shape index (κ2) is 11.9. The Bertz CT molecular complexity index is 1370. The monoisotopic (exact) mass is 540 g/mol. The molecule has 0 unspecified atom stereocenters. The minimum absolute atomic E-state index is 0.158. The van der Waals surface area contributed by atoms with E-state index in [0.29, 0.717) is 30.3 Å². The third kappa shape index (κ3) is 6.69. The molecule has 3 amide bonds. The molecule has 0 atom stereocenters. The Morgan fingerprint density at radius 2 is 1.84 bits per heavy atom. The van der Waals surface area contributed by atoms with Gasteiger partial charge in [0.05, 0.1) is 16.5 Å². The number of thioether (sulfide) groups is 1. The van der Waals surface area contributed by atoms with Gasteiger partial charge in [0.15, 0.2) is 11.5 Å². The van der Waals surface area contributed by atoms with Crippen LogP contribution < -0.4 is 14.8 Å². The summed E-state index contributed by atoms with van der Waals surface area (Å²) in [5, 5.41) is 1.77. The molecule has 1 aliphatic rings. The highest BCUT2D eigenvalue weighted by atomic mass is 35.5. The molecule has 0 aromatic heterocycles. The van der Waals surface area contributed by atoms with Crippen molar-refractivity contribution < 1.29 is 28.2 Å². The van der Waals surface area contributed by atoms with Gasteiger partial charge < -0.3 is 14.8 Å². The lowest BCUT2D eigenvalue weighted by Gasteiger charge is -2.13. The average Bonchev–Trinajstić information content (AvgIpc) is 3.14. The van der Waals surface area contributed by atoms with Gasteiger partial charge >= 0.3 is 0 Å². The molecule has 0 aliphatic carbocycles. The van der Waals surface area contributed by atoms with Crippen LogP contribution in [0, 0.1) is 5.82 Å². The number of nitrogens with zero attached hydrogens (tertiary/aromatic N) is 1. The van der Waals surface area contributed by atoms with E-state index in [9.17, 15) is 18.8 Å². The Labute approximate surface area is 222 Å². The van der Waals surface area contributed by atoms with Gasteiger partial charge in [0.2, 0.25) is 5.91 Å². The summed E-state index contributed by atoms with van der Waals surface area (Å²) in [7, 11) is 0. The summed E-state index contributed by atoms with van der Waals surface area (Å²) in [5.41, 5.74) is 1.89. The maximum Gasteiger partial charge on any atom is 0.294 e. The summed E-state index contributed by atoms with van der Waals surface area (Å²) >= 11 is 6.46. The highest BCUT2D eigenvalue weighted by Gasteiger charge is 2.36. The van der Waals surface area contributed by atoms with Gasteiger partial charge in [0.1, 0.15) is 19.0 Å². The van der Waals surface area contributed by atoms with Crippen LogP contribution in [0.25, 0.3) is 6.08 Å². The lowest BCUT2D eigenvalue weighted by atomic mass is 10.1. The van der Waals surface area contributed by atoms with E-state index in [4.69, 9.17) is 21.1 Å². The van der Waals surface area contributed by atoms with Gasteiger partial charge in [-0.2, -0.15) is 0 Å². The van der Waals surface area contributed by atoms with Crippen molar-refractivity contribution in [1.82, 2.24) is 4.90 Å². The summed E-state index contributed by atoms with van der Waals surface area (Å²) in [6.45, 7) is 2.14. The standard InChI is InChI=1S/C27H22ClFN2O5S/c1-2-35-23-12-18(8-11-22(23)36-16-17-6-4-3-5-7-17)13-24-26(33)31(27(34)37-24)15-25(32)30-19-9-10-21(29)20(28)14-19/h3-14H,2,15-16H2,1H3,(H,30,32)/b24-13+. The molecule has 0 radical (unpaired) electrons. The van der Waals surface area contributed by atoms with Crippen LogP contribution in [0.5, 0.6) is 11.5 Å². The number of amides is 3. The van der Waals surface area contributed by atoms with Crippen molar-refractivity contribution in [3.63, 3.8) is 0 Å². The van der Waals surface area contributed by atoms with Gasteiger partial charge in [0, 0.05) is 5.69 Å². The molecule has 1 fully saturated rings. The minimum Gasteiger partial charge on any atom is -0.490 e. The molecule has 3 aromatic rings. The molecule has 1 heterocycles. The van der Waals surface area contributed by atoms with Crippen molar-refractivity contribution in [2.45, 2.75) is 13.5 Å². The van der Waals surface area contributed by atoms with E-state index in [0.717, 1.165) is 28.3 Å². The van der Waals surface area contributed by atoms with E-state index in [1.807, 2.05) is 37.3 Å². The fourth-order valence-electron chi connectivity index (χ4n) is 3.44. The molecule has 1 aliphatic heterocycles. The predicted octanol–water partition coefficient (Wildman–Crippen LogP) is 6.13. The molecule has 7 nitrogen and oxygen atoms in total. The molecular formula is C27H22ClFN2O5S. The number of halogens is 2. The maximum absolute atomic E-state index is 13.3. The van der Waals surface area contributed by atoms with Crippen LogP contribution in [-0.2, 0) is 16.2 Å². The number of rotatable bonds is 9. The largest absolute Gasteiger partial charge is 0.490 e. The maximum atomic E-state index is 13.3. The van der Waals surface area contributed by atoms with E-state index in [1.54, 1.807) is 24.3 Å². The fourth-order valence-corrected chi connectivity index (χ4v) is 4.46. The first-order chi connectivity index (χ1) is 17.8. The molecule has 1 N–H and O–H groups in total. The SMILES string of the molecule is CCOc1cc(/C=C2/SC(=O)N(CC(=O)Nc3ccc(F)c(Cl)c3)C2=O)ccc1OCc1ccccc1. The van der Waals surface area contributed by atoms with Gasteiger partial charge in [-0.05, 0) is 66.2 Å².